The summed E-state index contributed by atoms with van der Waals surface area (Å²) in [5, 5.41) is 12.4. The maximum Gasteiger partial charge on any atom is 0.258 e. The number of ether oxygens (including phenoxy) is 1. The molecule has 0 heterocycles. The van der Waals surface area contributed by atoms with Gasteiger partial charge in [-0.2, -0.15) is 0 Å². The summed E-state index contributed by atoms with van der Waals surface area (Å²) in [6, 6.07) is 5.60. The minimum atomic E-state index is -0.402. The zero-order valence-corrected chi connectivity index (χ0v) is 11.0. The van der Waals surface area contributed by atoms with Crippen LogP contribution < -0.4 is 10.1 Å². The van der Waals surface area contributed by atoms with Gasteiger partial charge in [0, 0.05) is 17.5 Å². The molecule has 1 amide bonds. The predicted octanol–water partition coefficient (Wildman–Crippen LogP) is 1.48. The van der Waals surface area contributed by atoms with Gasteiger partial charge in [0.1, 0.15) is 11.6 Å². The lowest BCUT2D eigenvalue weighted by molar-refractivity contribution is -0.131. The molecule has 4 nitrogen and oxygen atoms in total. The summed E-state index contributed by atoms with van der Waals surface area (Å²) in [7, 11) is 0. The fraction of sp³-hybridized carbons (Fsp3) is 0.500. The molecule has 0 spiro atoms. The Labute approximate surface area is 111 Å². The lowest BCUT2D eigenvalue weighted by Crippen LogP contribution is -2.61. The normalized spacial score (nSPS) is 24.4. The molecule has 104 valence electrons. The van der Waals surface area contributed by atoms with Crippen molar-refractivity contribution in [3.63, 3.8) is 0 Å². The summed E-state index contributed by atoms with van der Waals surface area (Å²) in [6.07, 6.45) is 0.167. The Hall–Kier alpha value is -1.62. The number of hydrogen-bond donors (Lipinski definition) is 2. The Morgan fingerprint density at radius 2 is 2.32 bits per heavy atom. The minimum absolute atomic E-state index is 0.0499. The third kappa shape index (κ3) is 3.04. The SMILES string of the molecule is CC1(C)C(O)CC1NC(=O)COc1cccc(F)c1. The van der Waals surface area contributed by atoms with Crippen molar-refractivity contribution in [3.8, 4) is 5.75 Å². The van der Waals surface area contributed by atoms with Gasteiger partial charge in [-0.15, -0.1) is 0 Å². The van der Waals surface area contributed by atoms with E-state index in [0.29, 0.717) is 12.2 Å². The molecule has 2 atom stereocenters. The van der Waals surface area contributed by atoms with Crippen LogP contribution in [0.1, 0.15) is 20.3 Å². The number of carbonyl (C=O) groups is 1. The van der Waals surface area contributed by atoms with Crippen molar-refractivity contribution in [3.05, 3.63) is 30.1 Å². The van der Waals surface area contributed by atoms with Crippen LogP contribution in [0.25, 0.3) is 0 Å². The maximum atomic E-state index is 12.9. The topological polar surface area (TPSA) is 58.6 Å². The maximum absolute atomic E-state index is 12.9. The van der Waals surface area contributed by atoms with E-state index >= 15 is 0 Å². The smallest absolute Gasteiger partial charge is 0.258 e. The highest BCUT2D eigenvalue weighted by molar-refractivity contribution is 5.78. The second-order valence-corrected chi connectivity index (χ2v) is 5.44. The number of nitrogens with one attached hydrogen (secondary N) is 1. The van der Waals surface area contributed by atoms with Gasteiger partial charge in [-0.05, 0) is 18.6 Å². The fourth-order valence-corrected chi connectivity index (χ4v) is 2.09. The van der Waals surface area contributed by atoms with Crippen LogP contribution in [0.3, 0.4) is 0 Å². The van der Waals surface area contributed by atoms with Crippen LogP contribution in [0.2, 0.25) is 0 Å². The van der Waals surface area contributed by atoms with Gasteiger partial charge >= 0.3 is 0 Å². The first-order valence-electron chi connectivity index (χ1n) is 6.25. The first-order valence-corrected chi connectivity index (χ1v) is 6.25. The van der Waals surface area contributed by atoms with Crippen molar-refractivity contribution in [1.82, 2.24) is 5.32 Å². The fourth-order valence-electron chi connectivity index (χ4n) is 2.09. The van der Waals surface area contributed by atoms with Crippen LogP contribution in [-0.4, -0.2) is 29.8 Å². The van der Waals surface area contributed by atoms with E-state index in [-0.39, 0.29) is 30.1 Å². The number of carbonyl (C=O) groups excluding carboxylic acids is 1. The number of rotatable bonds is 4. The molecule has 2 N–H and O–H groups in total. The molecule has 0 saturated heterocycles. The van der Waals surface area contributed by atoms with E-state index in [4.69, 9.17) is 4.74 Å². The van der Waals surface area contributed by atoms with Crippen LogP contribution >= 0.6 is 0 Å². The van der Waals surface area contributed by atoms with E-state index in [0.717, 1.165) is 0 Å². The monoisotopic (exact) mass is 267 g/mol. The third-order valence-corrected chi connectivity index (χ3v) is 3.72. The second kappa shape index (κ2) is 5.17. The molecule has 1 aliphatic rings. The largest absolute Gasteiger partial charge is 0.484 e. The van der Waals surface area contributed by atoms with E-state index in [9.17, 15) is 14.3 Å². The molecule has 1 fully saturated rings. The van der Waals surface area contributed by atoms with Crippen LogP contribution in [0.5, 0.6) is 5.75 Å². The van der Waals surface area contributed by atoms with Crippen LogP contribution in [0.15, 0.2) is 24.3 Å². The molecule has 0 radical (unpaired) electrons. The summed E-state index contributed by atoms with van der Waals surface area (Å²) >= 11 is 0. The van der Waals surface area contributed by atoms with E-state index in [1.165, 1.54) is 18.2 Å². The lowest BCUT2D eigenvalue weighted by atomic mass is 9.64. The molecule has 0 aromatic heterocycles. The summed E-state index contributed by atoms with van der Waals surface area (Å²) in [5.74, 6) is -0.349. The van der Waals surface area contributed by atoms with Crippen molar-refractivity contribution in [1.29, 1.82) is 0 Å². The van der Waals surface area contributed by atoms with Gasteiger partial charge < -0.3 is 15.2 Å². The molecule has 1 aromatic rings. The Bertz CT molecular complexity index is 476. The highest BCUT2D eigenvalue weighted by Crippen LogP contribution is 2.40. The molecule has 19 heavy (non-hydrogen) atoms. The minimum Gasteiger partial charge on any atom is -0.484 e. The van der Waals surface area contributed by atoms with Gasteiger partial charge in [-0.1, -0.05) is 19.9 Å². The first kappa shape index (κ1) is 13.8. The van der Waals surface area contributed by atoms with Crippen molar-refractivity contribution in [2.75, 3.05) is 6.61 Å². The highest BCUT2D eigenvalue weighted by atomic mass is 19.1. The number of benzene rings is 1. The van der Waals surface area contributed by atoms with Crippen molar-refractivity contribution < 1.29 is 19.0 Å². The van der Waals surface area contributed by atoms with E-state index in [2.05, 4.69) is 5.32 Å². The molecule has 1 saturated carbocycles. The average Bonchev–Trinajstić information content (AvgIpc) is 2.36. The van der Waals surface area contributed by atoms with Gasteiger partial charge in [0.05, 0.1) is 6.10 Å². The number of aliphatic hydroxyl groups is 1. The molecule has 2 rings (SSSR count). The van der Waals surface area contributed by atoms with Crippen molar-refractivity contribution in [2.45, 2.75) is 32.4 Å². The molecule has 5 heteroatoms. The zero-order valence-electron chi connectivity index (χ0n) is 11.0. The quantitative estimate of drug-likeness (QED) is 0.868. The lowest BCUT2D eigenvalue weighted by Gasteiger charge is -2.49. The Kier molecular flexibility index (Phi) is 3.75. The third-order valence-electron chi connectivity index (χ3n) is 3.72. The predicted molar refractivity (Wildman–Crippen MR) is 68.2 cm³/mol. The van der Waals surface area contributed by atoms with E-state index in [1.807, 2.05) is 13.8 Å². The average molecular weight is 267 g/mol. The van der Waals surface area contributed by atoms with Crippen LogP contribution in [-0.2, 0) is 4.79 Å². The van der Waals surface area contributed by atoms with Gasteiger partial charge in [-0.25, -0.2) is 4.39 Å². The highest BCUT2D eigenvalue weighted by Gasteiger charge is 2.47. The zero-order chi connectivity index (χ0) is 14.0. The Morgan fingerprint density at radius 1 is 1.58 bits per heavy atom. The molecule has 0 bridgehead atoms. The van der Waals surface area contributed by atoms with Crippen LogP contribution in [0.4, 0.5) is 4.39 Å². The number of hydrogen-bond acceptors (Lipinski definition) is 3. The van der Waals surface area contributed by atoms with Gasteiger partial charge in [0.25, 0.3) is 5.91 Å². The van der Waals surface area contributed by atoms with Gasteiger partial charge in [0.15, 0.2) is 6.61 Å². The van der Waals surface area contributed by atoms with Gasteiger partial charge in [-0.3, -0.25) is 4.79 Å². The molecule has 1 aromatic carbocycles. The van der Waals surface area contributed by atoms with Crippen LogP contribution in [0, 0.1) is 11.2 Å². The molecule has 0 aliphatic heterocycles. The summed E-state index contributed by atoms with van der Waals surface area (Å²) in [5.41, 5.74) is -0.311. The number of amides is 1. The molecular formula is C14H18FNO3. The first-order chi connectivity index (χ1) is 8.89. The summed E-state index contributed by atoms with van der Waals surface area (Å²) in [4.78, 5) is 11.7. The van der Waals surface area contributed by atoms with E-state index in [1.54, 1.807) is 6.07 Å². The van der Waals surface area contributed by atoms with E-state index < -0.39 is 5.82 Å². The Balaban J connectivity index is 1.80. The number of aliphatic hydroxyl groups excluding tert-OH is 1. The van der Waals surface area contributed by atoms with Crippen molar-refractivity contribution >= 4 is 5.91 Å². The second-order valence-electron chi connectivity index (χ2n) is 5.44. The number of halogens is 1. The Morgan fingerprint density at radius 3 is 2.89 bits per heavy atom. The van der Waals surface area contributed by atoms with Crippen molar-refractivity contribution in [2.24, 2.45) is 5.41 Å². The molecular weight excluding hydrogens is 249 g/mol. The molecule has 1 aliphatic carbocycles. The van der Waals surface area contributed by atoms with Gasteiger partial charge in [0.2, 0.25) is 0 Å². The molecule has 2 unspecified atom stereocenters. The summed E-state index contributed by atoms with van der Waals surface area (Å²) in [6.45, 7) is 3.64. The standard InChI is InChI=1S/C14H18FNO3/c1-14(2)11(7-12(14)17)16-13(18)8-19-10-5-3-4-9(15)6-10/h3-6,11-12,17H,7-8H2,1-2H3,(H,16,18). The summed E-state index contributed by atoms with van der Waals surface area (Å²) < 4.78 is 18.1.